The van der Waals surface area contributed by atoms with Gasteiger partial charge >= 0.3 is 0 Å². The Bertz CT molecular complexity index is 379. The molecule has 0 aliphatic rings. The summed E-state index contributed by atoms with van der Waals surface area (Å²) in [4.78, 5) is 11.4. The van der Waals surface area contributed by atoms with Crippen LogP contribution in [0.5, 0.6) is 11.5 Å². The Labute approximate surface area is 107 Å². The maximum absolute atomic E-state index is 11.4. The van der Waals surface area contributed by atoms with E-state index in [9.17, 15) is 4.79 Å². The molecule has 0 heterocycles. The quantitative estimate of drug-likeness (QED) is 0.759. The molecule has 0 aliphatic carbocycles. The first-order valence-corrected chi connectivity index (χ1v) is 5.84. The van der Waals surface area contributed by atoms with E-state index in [-0.39, 0.29) is 12.5 Å². The maximum atomic E-state index is 11.4. The van der Waals surface area contributed by atoms with Gasteiger partial charge in [0.05, 0.1) is 13.2 Å². The average Bonchev–Trinajstić information content (AvgIpc) is 2.36. The number of carbonyl (C=O) groups is 1. The molecule has 100 valence electrons. The monoisotopic (exact) mass is 253 g/mol. The van der Waals surface area contributed by atoms with E-state index in [4.69, 9.17) is 14.6 Å². The lowest BCUT2D eigenvalue weighted by Gasteiger charge is -2.10. The fraction of sp³-hybridized carbons (Fsp3) is 0.462. The van der Waals surface area contributed by atoms with Gasteiger partial charge in [-0.1, -0.05) is 12.1 Å². The van der Waals surface area contributed by atoms with Crippen LogP contribution < -0.4 is 14.8 Å². The number of para-hydroxylation sites is 2. The number of aliphatic hydroxyl groups is 1. The number of hydrogen-bond acceptors (Lipinski definition) is 4. The third-order valence-electron chi connectivity index (χ3n) is 2.31. The van der Waals surface area contributed by atoms with Crippen LogP contribution >= 0.6 is 0 Å². The molecule has 1 amide bonds. The Morgan fingerprint density at radius 1 is 1.39 bits per heavy atom. The summed E-state index contributed by atoms with van der Waals surface area (Å²) in [5, 5.41) is 11.7. The smallest absolute Gasteiger partial charge is 0.257 e. The molecule has 0 spiro atoms. The molecule has 5 nitrogen and oxygen atoms in total. The molecule has 0 aliphatic heterocycles. The summed E-state index contributed by atoms with van der Waals surface area (Å²) in [5.41, 5.74) is 0. The lowest BCUT2D eigenvalue weighted by molar-refractivity contribution is -0.123. The summed E-state index contributed by atoms with van der Waals surface area (Å²) >= 11 is 0. The summed E-state index contributed by atoms with van der Waals surface area (Å²) in [6.07, 6.45) is 0.112. The van der Waals surface area contributed by atoms with Crippen molar-refractivity contribution in [3.8, 4) is 11.5 Å². The van der Waals surface area contributed by atoms with E-state index in [1.165, 1.54) is 0 Å². The van der Waals surface area contributed by atoms with E-state index in [2.05, 4.69) is 5.32 Å². The minimum Gasteiger partial charge on any atom is -0.493 e. The van der Waals surface area contributed by atoms with Crippen molar-refractivity contribution in [1.82, 2.24) is 5.32 Å². The first-order valence-electron chi connectivity index (χ1n) is 5.84. The Morgan fingerprint density at radius 2 is 2.06 bits per heavy atom. The average molecular weight is 253 g/mol. The zero-order valence-corrected chi connectivity index (χ0v) is 10.7. The SMILES string of the molecule is COc1ccccc1OCC(=O)NCCC(C)O. The minimum atomic E-state index is -0.416. The molecule has 0 fully saturated rings. The normalized spacial score (nSPS) is 11.7. The van der Waals surface area contributed by atoms with E-state index < -0.39 is 6.10 Å². The molecule has 0 saturated carbocycles. The van der Waals surface area contributed by atoms with Crippen LogP contribution in [0.25, 0.3) is 0 Å². The maximum Gasteiger partial charge on any atom is 0.257 e. The van der Waals surface area contributed by atoms with Crippen LogP contribution in [0.4, 0.5) is 0 Å². The Morgan fingerprint density at radius 3 is 2.67 bits per heavy atom. The lowest BCUT2D eigenvalue weighted by atomic mass is 10.3. The van der Waals surface area contributed by atoms with Gasteiger partial charge in [0.1, 0.15) is 0 Å². The molecule has 18 heavy (non-hydrogen) atoms. The number of ether oxygens (including phenoxy) is 2. The largest absolute Gasteiger partial charge is 0.493 e. The molecule has 0 radical (unpaired) electrons. The molecule has 0 saturated heterocycles. The van der Waals surface area contributed by atoms with Gasteiger partial charge in [0, 0.05) is 6.54 Å². The second-order valence-corrected chi connectivity index (χ2v) is 3.93. The number of nitrogens with one attached hydrogen (secondary N) is 1. The first-order chi connectivity index (χ1) is 8.63. The summed E-state index contributed by atoms with van der Waals surface area (Å²) in [6, 6.07) is 7.14. The minimum absolute atomic E-state index is 0.0693. The van der Waals surface area contributed by atoms with Crippen LogP contribution in [0.2, 0.25) is 0 Å². The van der Waals surface area contributed by atoms with Crippen molar-refractivity contribution in [3.05, 3.63) is 24.3 Å². The molecular formula is C13H19NO4. The molecule has 0 aromatic heterocycles. The number of rotatable bonds is 7. The standard InChI is InChI=1S/C13H19NO4/c1-10(15)7-8-14-13(16)9-18-12-6-4-3-5-11(12)17-2/h3-6,10,15H,7-9H2,1-2H3,(H,14,16). The number of amides is 1. The fourth-order valence-electron chi connectivity index (χ4n) is 1.35. The molecule has 2 N–H and O–H groups in total. The van der Waals surface area contributed by atoms with E-state index in [0.717, 1.165) is 0 Å². The molecule has 1 aromatic carbocycles. The number of benzene rings is 1. The van der Waals surface area contributed by atoms with Crippen LogP contribution in [-0.2, 0) is 4.79 Å². The van der Waals surface area contributed by atoms with Crippen LogP contribution in [0.15, 0.2) is 24.3 Å². The van der Waals surface area contributed by atoms with Gasteiger partial charge in [0.2, 0.25) is 0 Å². The zero-order chi connectivity index (χ0) is 13.4. The van der Waals surface area contributed by atoms with Crippen LogP contribution in [0.1, 0.15) is 13.3 Å². The van der Waals surface area contributed by atoms with E-state index in [1.54, 1.807) is 26.2 Å². The van der Waals surface area contributed by atoms with Gasteiger partial charge in [-0.05, 0) is 25.5 Å². The third kappa shape index (κ3) is 5.05. The topological polar surface area (TPSA) is 67.8 Å². The molecular weight excluding hydrogens is 234 g/mol. The third-order valence-corrected chi connectivity index (χ3v) is 2.31. The van der Waals surface area contributed by atoms with Crippen LogP contribution in [0.3, 0.4) is 0 Å². The van der Waals surface area contributed by atoms with Crippen molar-refractivity contribution in [2.75, 3.05) is 20.3 Å². The molecule has 1 aromatic rings. The predicted molar refractivity (Wildman–Crippen MR) is 67.8 cm³/mol. The predicted octanol–water partition coefficient (Wildman–Crippen LogP) is 0.961. The fourth-order valence-corrected chi connectivity index (χ4v) is 1.35. The van der Waals surface area contributed by atoms with Crippen LogP contribution in [0, 0.1) is 0 Å². The first kappa shape index (κ1) is 14.3. The number of aliphatic hydroxyl groups excluding tert-OH is 1. The Hall–Kier alpha value is -1.75. The van der Waals surface area contributed by atoms with Crippen molar-refractivity contribution in [3.63, 3.8) is 0 Å². The van der Waals surface area contributed by atoms with E-state index in [1.807, 2.05) is 12.1 Å². The van der Waals surface area contributed by atoms with E-state index in [0.29, 0.717) is 24.5 Å². The highest BCUT2D eigenvalue weighted by Gasteiger charge is 2.06. The molecule has 0 bridgehead atoms. The molecule has 5 heteroatoms. The van der Waals surface area contributed by atoms with Gasteiger partial charge < -0.3 is 19.9 Å². The van der Waals surface area contributed by atoms with Crippen molar-refractivity contribution in [2.45, 2.75) is 19.4 Å². The van der Waals surface area contributed by atoms with Crippen LogP contribution in [-0.4, -0.2) is 37.4 Å². The summed E-state index contributed by atoms with van der Waals surface area (Å²) < 4.78 is 10.4. The van der Waals surface area contributed by atoms with Gasteiger partial charge in [-0.15, -0.1) is 0 Å². The Balaban J connectivity index is 2.33. The molecule has 1 atom stereocenters. The van der Waals surface area contributed by atoms with Crippen molar-refractivity contribution in [1.29, 1.82) is 0 Å². The highest BCUT2D eigenvalue weighted by atomic mass is 16.5. The molecule has 1 unspecified atom stereocenters. The van der Waals surface area contributed by atoms with Gasteiger partial charge in [0.25, 0.3) is 5.91 Å². The second-order valence-electron chi connectivity index (χ2n) is 3.93. The highest BCUT2D eigenvalue weighted by molar-refractivity contribution is 5.77. The second kappa shape index (κ2) is 7.55. The summed E-state index contributed by atoms with van der Waals surface area (Å²) in [5.74, 6) is 0.904. The highest BCUT2D eigenvalue weighted by Crippen LogP contribution is 2.25. The van der Waals surface area contributed by atoms with Gasteiger partial charge in [-0.2, -0.15) is 0 Å². The van der Waals surface area contributed by atoms with Gasteiger partial charge in [-0.3, -0.25) is 4.79 Å². The Kier molecular flexibility index (Phi) is 6.00. The van der Waals surface area contributed by atoms with Gasteiger partial charge in [0.15, 0.2) is 18.1 Å². The summed E-state index contributed by atoms with van der Waals surface area (Å²) in [6.45, 7) is 2.05. The van der Waals surface area contributed by atoms with Crippen molar-refractivity contribution >= 4 is 5.91 Å². The van der Waals surface area contributed by atoms with E-state index >= 15 is 0 Å². The lowest BCUT2D eigenvalue weighted by Crippen LogP contribution is -2.31. The number of methoxy groups -OCH3 is 1. The summed E-state index contributed by atoms with van der Waals surface area (Å²) in [7, 11) is 1.55. The zero-order valence-electron chi connectivity index (χ0n) is 10.7. The van der Waals surface area contributed by atoms with Crippen molar-refractivity contribution < 1.29 is 19.4 Å². The number of hydrogen-bond donors (Lipinski definition) is 2. The number of carbonyl (C=O) groups excluding carboxylic acids is 1. The molecule has 1 rings (SSSR count). The van der Waals surface area contributed by atoms with Crippen molar-refractivity contribution in [2.24, 2.45) is 0 Å². The van der Waals surface area contributed by atoms with Gasteiger partial charge in [-0.25, -0.2) is 0 Å².